The number of carboxylic acids is 1. The Balaban J connectivity index is 2.30. The fourth-order valence-electron chi connectivity index (χ4n) is 1.51. The molecule has 5 nitrogen and oxygen atoms in total. The van der Waals surface area contributed by atoms with E-state index in [4.69, 9.17) is 5.11 Å². The molecule has 1 aromatic heterocycles. The average Bonchev–Trinajstić information content (AvgIpc) is 2.38. The SMILES string of the molecule is O=C(O)c1cncnc1CS(=O)c1ccc(F)cc1F. The Morgan fingerprint density at radius 1 is 1.35 bits per heavy atom. The van der Waals surface area contributed by atoms with E-state index in [0.717, 1.165) is 24.7 Å². The van der Waals surface area contributed by atoms with Gasteiger partial charge in [0.05, 0.1) is 27.1 Å². The zero-order chi connectivity index (χ0) is 14.7. The molecular weight excluding hydrogens is 290 g/mol. The molecule has 0 fully saturated rings. The molecule has 0 radical (unpaired) electrons. The fourth-order valence-corrected chi connectivity index (χ4v) is 2.64. The Hall–Kier alpha value is -2.22. The lowest BCUT2D eigenvalue weighted by Gasteiger charge is -2.05. The van der Waals surface area contributed by atoms with Gasteiger partial charge in [-0.1, -0.05) is 0 Å². The van der Waals surface area contributed by atoms with Crippen molar-refractivity contribution in [3.05, 3.63) is 53.6 Å². The Morgan fingerprint density at radius 3 is 2.75 bits per heavy atom. The fraction of sp³-hybridized carbons (Fsp3) is 0.0833. The van der Waals surface area contributed by atoms with Gasteiger partial charge in [-0.3, -0.25) is 4.21 Å². The summed E-state index contributed by atoms with van der Waals surface area (Å²) in [6.07, 6.45) is 2.18. The van der Waals surface area contributed by atoms with Crippen molar-refractivity contribution in [1.82, 2.24) is 9.97 Å². The van der Waals surface area contributed by atoms with E-state index in [1.165, 1.54) is 0 Å². The van der Waals surface area contributed by atoms with Crippen molar-refractivity contribution in [3.63, 3.8) is 0 Å². The second-order valence-corrected chi connectivity index (χ2v) is 5.17. The van der Waals surface area contributed by atoms with Crippen molar-refractivity contribution >= 4 is 16.8 Å². The molecule has 2 aromatic rings. The maximum absolute atomic E-state index is 13.5. The van der Waals surface area contributed by atoms with Crippen molar-refractivity contribution in [2.45, 2.75) is 10.6 Å². The van der Waals surface area contributed by atoms with E-state index in [9.17, 15) is 17.8 Å². The molecule has 0 aliphatic rings. The third kappa shape index (κ3) is 3.02. The van der Waals surface area contributed by atoms with Crippen LogP contribution in [0.15, 0.2) is 35.6 Å². The molecule has 0 aliphatic heterocycles. The molecule has 0 amide bonds. The summed E-state index contributed by atoms with van der Waals surface area (Å²) in [5.41, 5.74) is -0.182. The van der Waals surface area contributed by atoms with Gasteiger partial charge in [0.25, 0.3) is 0 Å². The molecule has 8 heteroatoms. The molecule has 1 aromatic carbocycles. The second-order valence-electron chi connectivity index (χ2n) is 3.75. The summed E-state index contributed by atoms with van der Waals surface area (Å²) in [5, 5.41) is 8.94. The molecule has 1 N–H and O–H groups in total. The van der Waals surface area contributed by atoms with E-state index in [2.05, 4.69) is 9.97 Å². The lowest BCUT2D eigenvalue weighted by Crippen LogP contribution is -2.09. The molecule has 20 heavy (non-hydrogen) atoms. The summed E-state index contributed by atoms with van der Waals surface area (Å²) in [5.74, 6) is -3.30. The van der Waals surface area contributed by atoms with E-state index in [1.54, 1.807) is 0 Å². The molecule has 0 bridgehead atoms. The van der Waals surface area contributed by atoms with Crippen LogP contribution in [0.3, 0.4) is 0 Å². The van der Waals surface area contributed by atoms with Gasteiger partial charge in [0.1, 0.15) is 23.5 Å². The quantitative estimate of drug-likeness (QED) is 0.930. The standard InChI is InChI=1S/C12H8F2N2O3S/c13-7-1-2-11(9(14)3-7)20(19)5-10-8(12(17)18)4-15-6-16-10/h1-4,6H,5H2,(H,17,18). The maximum Gasteiger partial charge on any atom is 0.339 e. The van der Waals surface area contributed by atoms with Crippen LogP contribution in [0.5, 0.6) is 0 Å². The number of aromatic carboxylic acids is 1. The van der Waals surface area contributed by atoms with Crippen LogP contribution in [0, 0.1) is 11.6 Å². The first kappa shape index (κ1) is 14.2. The summed E-state index contributed by atoms with van der Waals surface area (Å²) < 4.78 is 38.3. The van der Waals surface area contributed by atoms with Gasteiger partial charge < -0.3 is 5.11 Å². The first-order valence-corrected chi connectivity index (χ1v) is 6.66. The number of nitrogens with zero attached hydrogens (tertiary/aromatic N) is 2. The average molecular weight is 298 g/mol. The van der Waals surface area contributed by atoms with Gasteiger partial charge in [-0.05, 0) is 12.1 Å². The van der Waals surface area contributed by atoms with Crippen LogP contribution in [0.4, 0.5) is 8.78 Å². The Kier molecular flexibility index (Phi) is 4.14. The van der Waals surface area contributed by atoms with Gasteiger partial charge in [0.15, 0.2) is 0 Å². The first-order chi connectivity index (χ1) is 9.49. The van der Waals surface area contributed by atoms with Crippen LogP contribution in [0.25, 0.3) is 0 Å². The number of hydrogen-bond acceptors (Lipinski definition) is 4. The number of carbonyl (C=O) groups is 1. The minimum Gasteiger partial charge on any atom is -0.478 e. The summed E-state index contributed by atoms with van der Waals surface area (Å²) in [4.78, 5) is 18.0. The first-order valence-electron chi connectivity index (χ1n) is 5.34. The van der Waals surface area contributed by atoms with Crippen molar-refractivity contribution in [3.8, 4) is 0 Å². The predicted octanol–water partition coefficient (Wildman–Crippen LogP) is 1.76. The van der Waals surface area contributed by atoms with E-state index in [0.29, 0.717) is 6.07 Å². The topological polar surface area (TPSA) is 80.2 Å². The summed E-state index contributed by atoms with van der Waals surface area (Å²) in [6, 6.07) is 2.65. The van der Waals surface area contributed by atoms with Gasteiger partial charge in [-0.15, -0.1) is 0 Å². The minimum atomic E-state index is -1.88. The highest BCUT2D eigenvalue weighted by atomic mass is 32.2. The van der Waals surface area contributed by atoms with Crippen molar-refractivity contribution in [2.75, 3.05) is 0 Å². The van der Waals surface area contributed by atoms with Crippen LogP contribution < -0.4 is 0 Å². The minimum absolute atomic E-state index is 0.0227. The lowest BCUT2D eigenvalue weighted by molar-refractivity contribution is 0.0695. The number of halogens is 2. The molecular formula is C12H8F2N2O3S. The van der Waals surface area contributed by atoms with Crippen molar-refractivity contribution in [2.24, 2.45) is 0 Å². The number of aromatic nitrogens is 2. The molecule has 2 rings (SSSR count). The van der Waals surface area contributed by atoms with E-state index >= 15 is 0 Å². The third-order valence-electron chi connectivity index (χ3n) is 2.43. The molecule has 1 atom stereocenters. The number of hydrogen-bond donors (Lipinski definition) is 1. The third-order valence-corrected chi connectivity index (χ3v) is 3.79. The maximum atomic E-state index is 13.5. The Bertz CT molecular complexity index is 694. The highest BCUT2D eigenvalue weighted by molar-refractivity contribution is 7.84. The van der Waals surface area contributed by atoms with Crippen LogP contribution in [-0.4, -0.2) is 25.3 Å². The van der Waals surface area contributed by atoms with Crippen LogP contribution in [0.2, 0.25) is 0 Å². The van der Waals surface area contributed by atoms with Crippen LogP contribution in [0.1, 0.15) is 16.1 Å². The van der Waals surface area contributed by atoms with Crippen molar-refractivity contribution in [1.29, 1.82) is 0 Å². The molecule has 1 heterocycles. The number of carboxylic acid groups (broad SMARTS) is 1. The summed E-state index contributed by atoms with van der Waals surface area (Å²) >= 11 is 0. The molecule has 0 aliphatic carbocycles. The van der Waals surface area contributed by atoms with Gasteiger partial charge in [-0.2, -0.15) is 0 Å². The monoisotopic (exact) mass is 298 g/mol. The molecule has 0 saturated heterocycles. The van der Waals surface area contributed by atoms with E-state index < -0.39 is 28.4 Å². The zero-order valence-electron chi connectivity index (χ0n) is 9.92. The van der Waals surface area contributed by atoms with Gasteiger partial charge in [0, 0.05) is 12.3 Å². The number of rotatable bonds is 4. The van der Waals surface area contributed by atoms with Gasteiger partial charge >= 0.3 is 5.97 Å². The van der Waals surface area contributed by atoms with E-state index in [-0.39, 0.29) is 21.9 Å². The highest BCUT2D eigenvalue weighted by Gasteiger charge is 2.17. The van der Waals surface area contributed by atoms with Crippen molar-refractivity contribution < 1.29 is 22.9 Å². The molecule has 0 spiro atoms. The van der Waals surface area contributed by atoms with Crippen LogP contribution >= 0.6 is 0 Å². The zero-order valence-corrected chi connectivity index (χ0v) is 10.7. The Labute approximate surface area is 114 Å². The molecule has 1 unspecified atom stereocenters. The Morgan fingerprint density at radius 2 is 2.10 bits per heavy atom. The van der Waals surface area contributed by atoms with Crippen LogP contribution in [-0.2, 0) is 16.6 Å². The predicted molar refractivity (Wildman–Crippen MR) is 65.5 cm³/mol. The largest absolute Gasteiger partial charge is 0.478 e. The lowest BCUT2D eigenvalue weighted by atomic mass is 10.2. The normalized spacial score (nSPS) is 12.1. The highest BCUT2D eigenvalue weighted by Crippen LogP contribution is 2.17. The summed E-state index contributed by atoms with van der Waals surface area (Å²) in [6.45, 7) is 0. The summed E-state index contributed by atoms with van der Waals surface area (Å²) in [7, 11) is -1.88. The van der Waals surface area contributed by atoms with E-state index in [1.807, 2.05) is 0 Å². The molecule has 104 valence electrons. The number of benzene rings is 1. The second kappa shape index (κ2) is 5.83. The van der Waals surface area contributed by atoms with Gasteiger partial charge in [0.2, 0.25) is 0 Å². The van der Waals surface area contributed by atoms with Gasteiger partial charge in [-0.25, -0.2) is 23.5 Å². The molecule has 0 saturated carbocycles. The smallest absolute Gasteiger partial charge is 0.339 e.